The van der Waals surface area contributed by atoms with Crippen molar-refractivity contribution < 1.29 is 0 Å². The van der Waals surface area contributed by atoms with Gasteiger partial charge in [0, 0.05) is 12.1 Å². The SMILES string of the molecule is CSc1cc(NC2CCN(C)CC2)ncn1. The van der Waals surface area contributed by atoms with Gasteiger partial charge >= 0.3 is 0 Å². The van der Waals surface area contributed by atoms with Crippen molar-refractivity contribution in [2.75, 3.05) is 31.7 Å². The predicted octanol–water partition coefficient (Wildman–Crippen LogP) is 1.70. The minimum absolute atomic E-state index is 0.556. The maximum Gasteiger partial charge on any atom is 0.130 e. The van der Waals surface area contributed by atoms with Crippen LogP contribution >= 0.6 is 11.8 Å². The summed E-state index contributed by atoms with van der Waals surface area (Å²) in [6, 6.07) is 2.57. The van der Waals surface area contributed by atoms with Crippen LogP contribution in [0, 0.1) is 0 Å². The fraction of sp³-hybridized carbons (Fsp3) is 0.636. The second kappa shape index (κ2) is 5.50. The van der Waals surface area contributed by atoms with Crippen LogP contribution in [-0.2, 0) is 0 Å². The van der Waals surface area contributed by atoms with Gasteiger partial charge in [-0.3, -0.25) is 0 Å². The van der Waals surface area contributed by atoms with E-state index in [1.54, 1.807) is 18.1 Å². The lowest BCUT2D eigenvalue weighted by atomic mass is 10.1. The lowest BCUT2D eigenvalue weighted by Gasteiger charge is -2.29. The summed E-state index contributed by atoms with van der Waals surface area (Å²) < 4.78 is 0. The summed E-state index contributed by atoms with van der Waals surface area (Å²) in [5.74, 6) is 0.953. The summed E-state index contributed by atoms with van der Waals surface area (Å²) >= 11 is 1.65. The second-order valence-electron chi connectivity index (χ2n) is 4.17. The van der Waals surface area contributed by atoms with Crippen molar-refractivity contribution in [1.82, 2.24) is 14.9 Å². The summed E-state index contributed by atoms with van der Waals surface area (Å²) in [5.41, 5.74) is 0. The average Bonchev–Trinajstić information content (AvgIpc) is 2.32. The van der Waals surface area contributed by atoms with Crippen LogP contribution in [0.2, 0.25) is 0 Å². The third kappa shape index (κ3) is 3.09. The Kier molecular flexibility index (Phi) is 4.01. The molecule has 1 aliphatic heterocycles. The molecule has 0 spiro atoms. The molecule has 1 aromatic heterocycles. The molecule has 0 amide bonds. The van der Waals surface area contributed by atoms with E-state index in [0.717, 1.165) is 23.9 Å². The van der Waals surface area contributed by atoms with Crippen molar-refractivity contribution >= 4 is 17.6 Å². The fourth-order valence-corrected chi connectivity index (χ4v) is 2.27. The fourth-order valence-electron chi connectivity index (χ4n) is 1.89. The first-order valence-electron chi connectivity index (χ1n) is 5.59. The number of nitrogens with zero attached hydrogens (tertiary/aromatic N) is 3. The Morgan fingerprint density at radius 1 is 1.38 bits per heavy atom. The van der Waals surface area contributed by atoms with Crippen LogP contribution < -0.4 is 5.32 Å². The number of thioether (sulfide) groups is 1. The van der Waals surface area contributed by atoms with E-state index in [1.807, 2.05) is 12.3 Å². The van der Waals surface area contributed by atoms with Crippen LogP contribution in [0.25, 0.3) is 0 Å². The molecule has 5 heteroatoms. The molecular weight excluding hydrogens is 220 g/mol. The highest BCUT2D eigenvalue weighted by molar-refractivity contribution is 7.98. The van der Waals surface area contributed by atoms with Gasteiger partial charge in [0.1, 0.15) is 17.2 Å². The number of anilines is 1. The molecule has 4 nitrogen and oxygen atoms in total. The maximum atomic E-state index is 4.25. The Hall–Kier alpha value is -0.810. The van der Waals surface area contributed by atoms with E-state index < -0.39 is 0 Å². The van der Waals surface area contributed by atoms with Gasteiger partial charge in [0.15, 0.2) is 0 Å². The van der Waals surface area contributed by atoms with Gasteiger partial charge in [0.2, 0.25) is 0 Å². The predicted molar refractivity (Wildman–Crippen MR) is 68.0 cm³/mol. The Labute approximate surface area is 101 Å². The van der Waals surface area contributed by atoms with Crippen molar-refractivity contribution in [2.24, 2.45) is 0 Å². The Morgan fingerprint density at radius 2 is 2.12 bits per heavy atom. The highest BCUT2D eigenvalue weighted by atomic mass is 32.2. The number of piperidine rings is 1. The van der Waals surface area contributed by atoms with E-state index in [-0.39, 0.29) is 0 Å². The molecule has 16 heavy (non-hydrogen) atoms. The molecule has 1 aliphatic rings. The summed E-state index contributed by atoms with van der Waals surface area (Å²) in [6.07, 6.45) is 6.04. The first kappa shape index (κ1) is 11.7. The Balaban J connectivity index is 1.93. The van der Waals surface area contributed by atoms with Gasteiger partial charge in [-0.2, -0.15) is 0 Å². The standard InChI is InChI=1S/C11H18N4S/c1-15-5-3-9(4-6-15)14-10-7-11(16-2)13-8-12-10/h7-9H,3-6H2,1-2H3,(H,12,13,14). The van der Waals surface area contributed by atoms with Crippen LogP contribution in [0.15, 0.2) is 17.4 Å². The second-order valence-corrected chi connectivity index (χ2v) is 4.99. The molecule has 1 aromatic rings. The van der Waals surface area contributed by atoms with E-state index >= 15 is 0 Å². The third-order valence-corrected chi connectivity index (χ3v) is 3.56. The van der Waals surface area contributed by atoms with Gasteiger partial charge in [0.05, 0.1) is 0 Å². The van der Waals surface area contributed by atoms with Crippen LogP contribution in [0.3, 0.4) is 0 Å². The number of rotatable bonds is 3. The van der Waals surface area contributed by atoms with E-state index in [2.05, 4.69) is 27.2 Å². The van der Waals surface area contributed by atoms with Crippen LogP contribution in [0.4, 0.5) is 5.82 Å². The van der Waals surface area contributed by atoms with Crippen molar-refractivity contribution in [2.45, 2.75) is 23.9 Å². The summed E-state index contributed by atoms with van der Waals surface area (Å²) in [7, 11) is 2.17. The molecule has 2 heterocycles. The zero-order chi connectivity index (χ0) is 11.4. The lowest BCUT2D eigenvalue weighted by molar-refractivity contribution is 0.263. The molecule has 0 atom stereocenters. The van der Waals surface area contributed by atoms with Gasteiger partial charge in [-0.05, 0) is 39.2 Å². The zero-order valence-corrected chi connectivity index (χ0v) is 10.6. The molecular formula is C11H18N4S. The third-order valence-electron chi connectivity index (χ3n) is 2.92. The molecule has 88 valence electrons. The van der Waals surface area contributed by atoms with Gasteiger partial charge in [-0.1, -0.05) is 0 Å². The normalized spacial score (nSPS) is 18.6. The van der Waals surface area contributed by atoms with Crippen LogP contribution in [0.5, 0.6) is 0 Å². The number of aromatic nitrogens is 2. The highest BCUT2D eigenvalue weighted by Crippen LogP contribution is 2.17. The van der Waals surface area contributed by atoms with Crippen molar-refractivity contribution in [3.8, 4) is 0 Å². The van der Waals surface area contributed by atoms with Crippen molar-refractivity contribution in [1.29, 1.82) is 0 Å². The quantitative estimate of drug-likeness (QED) is 0.641. The van der Waals surface area contributed by atoms with Crippen LogP contribution in [-0.4, -0.2) is 47.3 Å². The highest BCUT2D eigenvalue weighted by Gasteiger charge is 2.16. The monoisotopic (exact) mass is 238 g/mol. The van der Waals surface area contributed by atoms with E-state index in [0.29, 0.717) is 6.04 Å². The number of hydrogen-bond acceptors (Lipinski definition) is 5. The molecule has 1 saturated heterocycles. The number of hydrogen-bond donors (Lipinski definition) is 1. The van der Waals surface area contributed by atoms with Gasteiger partial charge < -0.3 is 10.2 Å². The largest absolute Gasteiger partial charge is 0.367 e. The molecule has 0 bridgehead atoms. The van der Waals surface area contributed by atoms with Crippen molar-refractivity contribution in [3.63, 3.8) is 0 Å². The summed E-state index contributed by atoms with van der Waals surface area (Å²) in [5, 5.41) is 4.50. The number of likely N-dealkylation sites (tertiary alicyclic amines) is 1. The van der Waals surface area contributed by atoms with Gasteiger partial charge in [-0.25, -0.2) is 9.97 Å². The lowest BCUT2D eigenvalue weighted by Crippen LogP contribution is -2.36. The van der Waals surface area contributed by atoms with Crippen molar-refractivity contribution in [3.05, 3.63) is 12.4 Å². The minimum atomic E-state index is 0.556. The first-order chi connectivity index (χ1) is 7.78. The molecule has 1 fully saturated rings. The molecule has 2 rings (SSSR count). The zero-order valence-electron chi connectivity index (χ0n) is 9.81. The molecule has 0 radical (unpaired) electrons. The van der Waals surface area contributed by atoms with E-state index in [9.17, 15) is 0 Å². The van der Waals surface area contributed by atoms with Crippen LogP contribution in [0.1, 0.15) is 12.8 Å². The average molecular weight is 238 g/mol. The first-order valence-corrected chi connectivity index (χ1v) is 6.81. The van der Waals surface area contributed by atoms with E-state index in [1.165, 1.54) is 12.8 Å². The summed E-state index contributed by atoms with van der Waals surface area (Å²) in [6.45, 7) is 2.33. The molecule has 0 aromatic carbocycles. The Morgan fingerprint density at radius 3 is 2.81 bits per heavy atom. The van der Waals surface area contributed by atoms with Gasteiger partial charge in [0.25, 0.3) is 0 Å². The Bertz CT molecular complexity index is 337. The van der Waals surface area contributed by atoms with Gasteiger partial charge in [-0.15, -0.1) is 11.8 Å². The van der Waals surface area contributed by atoms with E-state index in [4.69, 9.17) is 0 Å². The molecule has 0 unspecified atom stereocenters. The number of nitrogens with one attached hydrogen (secondary N) is 1. The minimum Gasteiger partial charge on any atom is -0.367 e. The maximum absolute atomic E-state index is 4.25. The molecule has 1 N–H and O–H groups in total. The topological polar surface area (TPSA) is 41.0 Å². The summed E-state index contributed by atoms with van der Waals surface area (Å²) in [4.78, 5) is 10.8. The molecule has 0 aliphatic carbocycles. The molecule has 0 saturated carbocycles. The smallest absolute Gasteiger partial charge is 0.130 e.